The average Bonchev–Trinajstić information content (AvgIpc) is 3.31. The lowest BCUT2D eigenvalue weighted by atomic mass is 9.64. The van der Waals surface area contributed by atoms with Crippen LogP contribution in [-0.4, -0.2) is 24.9 Å². The summed E-state index contributed by atoms with van der Waals surface area (Å²) in [6.07, 6.45) is 4.87. The summed E-state index contributed by atoms with van der Waals surface area (Å²) in [5, 5.41) is 0. The fraction of sp³-hybridized carbons (Fsp3) is 0.357. The third kappa shape index (κ3) is 3.01. The summed E-state index contributed by atoms with van der Waals surface area (Å²) in [5.74, 6) is 0. The SMILES string of the molecule is Cc1ccc(S(=O)(=O)N2CC[C@@]34CCCC[C@@]23N(Cc2ccccc2)c2ccc(Br)cc24)cc1. The van der Waals surface area contributed by atoms with Crippen LogP contribution in [0.3, 0.4) is 0 Å². The molecule has 0 bridgehead atoms. The Morgan fingerprint density at radius 1 is 0.912 bits per heavy atom. The molecule has 0 radical (unpaired) electrons. The summed E-state index contributed by atoms with van der Waals surface area (Å²) in [5.41, 5.74) is 3.96. The van der Waals surface area contributed by atoms with E-state index in [2.05, 4.69) is 63.3 Å². The van der Waals surface area contributed by atoms with Crippen molar-refractivity contribution in [2.24, 2.45) is 0 Å². The van der Waals surface area contributed by atoms with Crippen molar-refractivity contribution in [3.8, 4) is 0 Å². The van der Waals surface area contributed by atoms with Gasteiger partial charge >= 0.3 is 0 Å². The third-order valence-corrected chi connectivity index (χ3v) is 10.7. The Morgan fingerprint density at radius 3 is 2.41 bits per heavy atom. The zero-order valence-corrected chi connectivity index (χ0v) is 21.8. The molecule has 34 heavy (non-hydrogen) atoms. The fourth-order valence-corrected chi connectivity index (χ4v) is 9.07. The summed E-state index contributed by atoms with van der Waals surface area (Å²) >= 11 is 3.71. The Labute approximate surface area is 210 Å². The number of nitrogens with zero attached hydrogens (tertiary/aromatic N) is 2. The molecule has 2 aliphatic heterocycles. The van der Waals surface area contributed by atoms with Gasteiger partial charge in [-0.05, 0) is 74.1 Å². The second kappa shape index (κ2) is 7.94. The number of anilines is 1. The first-order valence-electron chi connectivity index (χ1n) is 12.1. The number of benzene rings is 3. The summed E-state index contributed by atoms with van der Waals surface area (Å²) in [4.78, 5) is 2.83. The van der Waals surface area contributed by atoms with Crippen molar-refractivity contribution in [3.05, 3.63) is 94.0 Å². The molecule has 0 N–H and O–H groups in total. The second-order valence-corrected chi connectivity index (χ2v) is 12.8. The molecule has 4 nitrogen and oxygen atoms in total. The van der Waals surface area contributed by atoms with E-state index in [1.165, 1.54) is 16.8 Å². The topological polar surface area (TPSA) is 40.6 Å². The van der Waals surface area contributed by atoms with Crippen LogP contribution in [0, 0.1) is 6.92 Å². The van der Waals surface area contributed by atoms with Gasteiger partial charge in [-0.25, -0.2) is 8.42 Å². The maximum absolute atomic E-state index is 14.2. The minimum atomic E-state index is -3.67. The van der Waals surface area contributed by atoms with E-state index in [9.17, 15) is 8.42 Å². The molecule has 3 aromatic carbocycles. The zero-order valence-electron chi connectivity index (χ0n) is 19.4. The van der Waals surface area contributed by atoms with Crippen LogP contribution in [0.15, 0.2) is 82.2 Å². The van der Waals surface area contributed by atoms with Crippen LogP contribution in [0.4, 0.5) is 5.69 Å². The number of hydrogen-bond acceptors (Lipinski definition) is 3. The highest BCUT2D eigenvalue weighted by molar-refractivity contribution is 9.10. The molecule has 6 rings (SSSR count). The molecule has 1 aliphatic carbocycles. The van der Waals surface area contributed by atoms with Crippen LogP contribution in [0.5, 0.6) is 0 Å². The molecule has 0 unspecified atom stereocenters. The van der Waals surface area contributed by atoms with Crippen LogP contribution < -0.4 is 4.90 Å². The lowest BCUT2D eigenvalue weighted by Gasteiger charge is -2.53. The molecule has 6 heteroatoms. The Balaban J connectivity index is 1.57. The van der Waals surface area contributed by atoms with E-state index in [0.717, 1.165) is 42.1 Å². The molecule has 2 atom stereocenters. The van der Waals surface area contributed by atoms with Gasteiger partial charge in [0.1, 0.15) is 5.66 Å². The molecule has 0 amide bonds. The number of rotatable bonds is 4. The van der Waals surface area contributed by atoms with E-state index < -0.39 is 15.7 Å². The molecule has 1 saturated carbocycles. The number of halogens is 1. The van der Waals surface area contributed by atoms with Gasteiger partial charge in [0.2, 0.25) is 10.0 Å². The Kier molecular flexibility index (Phi) is 5.21. The molecule has 2 fully saturated rings. The first-order chi connectivity index (χ1) is 16.4. The molecule has 0 spiro atoms. The highest BCUT2D eigenvalue weighted by atomic mass is 79.9. The number of hydrogen-bond donors (Lipinski definition) is 0. The third-order valence-electron chi connectivity index (χ3n) is 8.30. The molecular weight excluding hydrogens is 508 g/mol. The molecule has 176 valence electrons. The van der Waals surface area contributed by atoms with Gasteiger partial charge in [-0.1, -0.05) is 70.4 Å². The number of sulfonamides is 1. The van der Waals surface area contributed by atoms with Crippen molar-refractivity contribution in [3.63, 3.8) is 0 Å². The molecule has 3 aromatic rings. The van der Waals surface area contributed by atoms with E-state index in [1.54, 1.807) is 12.1 Å². The van der Waals surface area contributed by atoms with Gasteiger partial charge in [0.05, 0.1) is 4.90 Å². The summed E-state index contributed by atoms with van der Waals surface area (Å²) in [6, 6.07) is 24.3. The monoisotopic (exact) mass is 536 g/mol. The maximum atomic E-state index is 14.2. The van der Waals surface area contributed by atoms with Crippen molar-refractivity contribution in [2.75, 3.05) is 11.4 Å². The van der Waals surface area contributed by atoms with E-state index >= 15 is 0 Å². The fourth-order valence-electron chi connectivity index (χ4n) is 6.88. The molecule has 1 saturated heterocycles. The Morgan fingerprint density at radius 2 is 1.65 bits per heavy atom. The van der Waals surface area contributed by atoms with Crippen molar-refractivity contribution >= 4 is 31.6 Å². The molecular formula is C28H29BrN2O2S. The molecule has 2 heterocycles. The average molecular weight is 538 g/mol. The predicted molar refractivity (Wildman–Crippen MR) is 139 cm³/mol. The summed E-state index contributed by atoms with van der Waals surface area (Å²) in [7, 11) is -3.67. The minimum Gasteiger partial charge on any atom is -0.347 e. The van der Waals surface area contributed by atoms with Crippen molar-refractivity contribution < 1.29 is 8.42 Å². The highest BCUT2D eigenvalue weighted by Crippen LogP contribution is 2.66. The number of aryl methyl sites for hydroxylation is 1. The largest absolute Gasteiger partial charge is 0.347 e. The normalized spacial score (nSPS) is 26.2. The van der Waals surface area contributed by atoms with Gasteiger partial charge in [-0.2, -0.15) is 4.31 Å². The number of fused-ring (bicyclic) bond motifs is 1. The zero-order chi connectivity index (χ0) is 23.6. The quantitative estimate of drug-likeness (QED) is 0.388. The Hall–Kier alpha value is -2.15. The van der Waals surface area contributed by atoms with Crippen LogP contribution >= 0.6 is 15.9 Å². The van der Waals surface area contributed by atoms with Crippen molar-refractivity contribution in [2.45, 2.75) is 61.5 Å². The van der Waals surface area contributed by atoms with Gasteiger partial charge < -0.3 is 4.90 Å². The summed E-state index contributed by atoms with van der Waals surface area (Å²) in [6.45, 7) is 3.23. The predicted octanol–water partition coefficient (Wildman–Crippen LogP) is 6.38. The standard InChI is InChI=1S/C28H29BrN2O2S/c1-21-9-12-24(13-10-21)34(32,33)31-18-17-27-15-5-6-16-28(27,31)30(20-22-7-3-2-4-8-22)26-14-11-23(29)19-25(26)27/h2-4,7-14,19H,5-6,15-18,20H2,1H3/t27-,28-/m1/s1. The first-order valence-corrected chi connectivity index (χ1v) is 14.3. The lowest BCUT2D eigenvalue weighted by molar-refractivity contribution is 0.104. The maximum Gasteiger partial charge on any atom is 0.245 e. The summed E-state index contributed by atoms with van der Waals surface area (Å²) < 4.78 is 31.4. The van der Waals surface area contributed by atoms with Crippen LogP contribution in [0.1, 0.15) is 48.8 Å². The Bertz CT molecular complexity index is 1340. The van der Waals surface area contributed by atoms with Gasteiger partial charge in [0.25, 0.3) is 0 Å². The lowest BCUT2D eigenvalue weighted by Crippen LogP contribution is -2.65. The first kappa shape index (κ1) is 22.3. The van der Waals surface area contributed by atoms with Gasteiger partial charge in [0.15, 0.2) is 0 Å². The van der Waals surface area contributed by atoms with E-state index in [0.29, 0.717) is 18.0 Å². The van der Waals surface area contributed by atoms with Crippen LogP contribution in [-0.2, 0) is 22.0 Å². The minimum absolute atomic E-state index is 0.198. The second-order valence-electron chi connectivity index (χ2n) is 9.98. The van der Waals surface area contributed by atoms with Crippen LogP contribution in [0.25, 0.3) is 0 Å². The van der Waals surface area contributed by atoms with Gasteiger partial charge in [-0.15, -0.1) is 0 Å². The van der Waals surface area contributed by atoms with Gasteiger partial charge in [-0.3, -0.25) is 0 Å². The van der Waals surface area contributed by atoms with Gasteiger partial charge in [0, 0.05) is 28.7 Å². The van der Waals surface area contributed by atoms with Crippen molar-refractivity contribution in [1.29, 1.82) is 0 Å². The van der Waals surface area contributed by atoms with Crippen molar-refractivity contribution in [1.82, 2.24) is 4.31 Å². The highest BCUT2D eigenvalue weighted by Gasteiger charge is 2.70. The van der Waals surface area contributed by atoms with E-state index in [1.807, 2.05) is 29.4 Å². The smallest absolute Gasteiger partial charge is 0.245 e. The van der Waals surface area contributed by atoms with E-state index in [-0.39, 0.29) is 5.41 Å². The van der Waals surface area contributed by atoms with E-state index in [4.69, 9.17) is 0 Å². The molecule has 3 aliphatic rings. The molecule has 0 aromatic heterocycles. The van der Waals surface area contributed by atoms with Crippen LogP contribution in [0.2, 0.25) is 0 Å².